The quantitative estimate of drug-likeness (QED) is 0.457. The third-order valence-corrected chi connectivity index (χ3v) is 4.43. The van der Waals surface area contributed by atoms with E-state index >= 15 is 0 Å². The Morgan fingerprint density at radius 2 is 1.91 bits per heavy atom. The number of esters is 1. The molecule has 4 nitrogen and oxygen atoms in total. The van der Waals surface area contributed by atoms with Gasteiger partial charge in [-0.3, -0.25) is 0 Å². The number of nitrogens with one attached hydrogen (secondary N) is 1. The van der Waals surface area contributed by atoms with Crippen LogP contribution in [0.15, 0.2) is 0 Å². The minimum Gasteiger partial charge on any atom is -0.461 e. The van der Waals surface area contributed by atoms with Crippen molar-refractivity contribution in [1.29, 1.82) is 0 Å². The molecule has 1 heterocycles. The first-order valence-corrected chi connectivity index (χ1v) is 9.24. The normalized spacial score (nSPS) is 11.0. The SMILES string of the molecule is CCCCCCCCNc1nc(C)c(C(=O)OCC(C)C)s1. The van der Waals surface area contributed by atoms with Gasteiger partial charge in [-0.05, 0) is 19.3 Å². The van der Waals surface area contributed by atoms with Crippen molar-refractivity contribution in [1.82, 2.24) is 4.98 Å². The molecule has 0 aliphatic rings. The average Bonchev–Trinajstić information content (AvgIpc) is 2.85. The fourth-order valence-corrected chi connectivity index (χ4v) is 2.96. The van der Waals surface area contributed by atoms with Crippen molar-refractivity contribution in [3.05, 3.63) is 10.6 Å². The van der Waals surface area contributed by atoms with Crippen LogP contribution in [0.2, 0.25) is 0 Å². The molecule has 0 fully saturated rings. The molecular formula is C17H30N2O2S. The zero-order valence-electron chi connectivity index (χ0n) is 14.4. The van der Waals surface area contributed by atoms with Gasteiger partial charge in [-0.15, -0.1) is 0 Å². The van der Waals surface area contributed by atoms with Crippen molar-refractivity contribution < 1.29 is 9.53 Å². The molecule has 0 aromatic carbocycles. The maximum Gasteiger partial charge on any atom is 0.350 e. The number of thiazole rings is 1. The van der Waals surface area contributed by atoms with Crippen LogP contribution in [0.1, 0.15) is 74.7 Å². The second-order valence-electron chi connectivity index (χ2n) is 6.12. The summed E-state index contributed by atoms with van der Waals surface area (Å²) in [6, 6.07) is 0. The molecule has 0 bridgehead atoms. The maximum absolute atomic E-state index is 12.0. The lowest BCUT2D eigenvalue weighted by Gasteiger charge is -2.05. The number of aromatic nitrogens is 1. The summed E-state index contributed by atoms with van der Waals surface area (Å²) in [7, 11) is 0. The van der Waals surface area contributed by atoms with Gasteiger partial charge in [0.05, 0.1) is 12.3 Å². The number of aryl methyl sites for hydroxylation is 1. The molecule has 0 radical (unpaired) electrons. The number of nitrogens with zero attached hydrogens (tertiary/aromatic N) is 1. The largest absolute Gasteiger partial charge is 0.461 e. The summed E-state index contributed by atoms with van der Waals surface area (Å²) in [5, 5.41) is 4.14. The van der Waals surface area contributed by atoms with Crippen molar-refractivity contribution >= 4 is 22.4 Å². The summed E-state index contributed by atoms with van der Waals surface area (Å²) in [4.78, 5) is 17.0. The van der Waals surface area contributed by atoms with Crippen molar-refractivity contribution in [3.63, 3.8) is 0 Å². The first-order valence-electron chi connectivity index (χ1n) is 8.43. The predicted octanol–water partition coefficient (Wildman–Crippen LogP) is 5.04. The summed E-state index contributed by atoms with van der Waals surface area (Å²) < 4.78 is 5.27. The molecule has 0 unspecified atom stereocenters. The predicted molar refractivity (Wildman–Crippen MR) is 93.8 cm³/mol. The van der Waals surface area contributed by atoms with Crippen molar-refractivity contribution in [3.8, 4) is 0 Å². The summed E-state index contributed by atoms with van der Waals surface area (Å²) in [5.41, 5.74) is 0.754. The minimum absolute atomic E-state index is 0.253. The number of hydrogen-bond donors (Lipinski definition) is 1. The van der Waals surface area contributed by atoms with Gasteiger partial charge in [0, 0.05) is 6.54 Å². The van der Waals surface area contributed by atoms with Crippen LogP contribution >= 0.6 is 11.3 Å². The van der Waals surface area contributed by atoms with Crippen LogP contribution in [-0.2, 0) is 4.74 Å². The lowest BCUT2D eigenvalue weighted by Crippen LogP contribution is -2.09. The smallest absolute Gasteiger partial charge is 0.350 e. The highest BCUT2D eigenvalue weighted by atomic mass is 32.1. The van der Waals surface area contributed by atoms with Gasteiger partial charge in [0.1, 0.15) is 4.88 Å². The Bertz CT molecular complexity index is 444. The maximum atomic E-state index is 12.0. The van der Waals surface area contributed by atoms with Crippen LogP contribution in [0, 0.1) is 12.8 Å². The van der Waals surface area contributed by atoms with Crippen LogP contribution in [0.3, 0.4) is 0 Å². The summed E-state index contributed by atoms with van der Waals surface area (Å²) in [5.74, 6) is 0.0961. The number of carbonyl (C=O) groups excluding carboxylic acids is 1. The Labute approximate surface area is 138 Å². The van der Waals surface area contributed by atoms with E-state index in [0.717, 1.165) is 23.8 Å². The fourth-order valence-electron chi connectivity index (χ4n) is 2.07. The average molecular weight is 327 g/mol. The summed E-state index contributed by atoms with van der Waals surface area (Å²) in [6.07, 6.45) is 7.65. The molecule has 0 aliphatic carbocycles. The molecule has 5 heteroatoms. The van der Waals surface area contributed by atoms with Gasteiger partial charge < -0.3 is 10.1 Å². The second kappa shape index (κ2) is 10.6. The van der Waals surface area contributed by atoms with Crippen molar-refractivity contribution in [2.75, 3.05) is 18.5 Å². The van der Waals surface area contributed by atoms with Crippen molar-refractivity contribution in [2.45, 2.75) is 66.2 Å². The minimum atomic E-state index is -0.253. The molecule has 1 rings (SSSR count). The monoisotopic (exact) mass is 326 g/mol. The molecule has 0 saturated heterocycles. The van der Waals surface area contributed by atoms with Crippen molar-refractivity contribution in [2.24, 2.45) is 5.92 Å². The van der Waals surface area contributed by atoms with Crippen LogP contribution in [0.5, 0.6) is 0 Å². The first-order chi connectivity index (χ1) is 10.5. The molecule has 0 spiro atoms. The number of ether oxygens (including phenoxy) is 1. The Morgan fingerprint density at radius 1 is 1.23 bits per heavy atom. The van der Waals surface area contributed by atoms with Gasteiger partial charge in [-0.2, -0.15) is 0 Å². The fraction of sp³-hybridized carbons (Fsp3) is 0.765. The molecule has 0 aliphatic heterocycles. The Balaban J connectivity index is 2.31. The highest BCUT2D eigenvalue weighted by Gasteiger charge is 2.16. The van der Waals surface area contributed by atoms with E-state index in [1.165, 1.54) is 43.4 Å². The van der Waals surface area contributed by atoms with Crippen LogP contribution in [0.25, 0.3) is 0 Å². The molecule has 1 aromatic heterocycles. The molecule has 0 atom stereocenters. The van der Waals surface area contributed by atoms with Gasteiger partial charge in [-0.25, -0.2) is 9.78 Å². The van der Waals surface area contributed by atoms with E-state index in [4.69, 9.17) is 4.74 Å². The highest BCUT2D eigenvalue weighted by molar-refractivity contribution is 7.17. The van der Waals surface area contributed by atoms with E-state index in [0.29, 0.717) is 17.4 Å². The molecule has 0 amide bonds. The molecular weight excluding hydrogens is 296 g/mol. The lowest BCUT2D eigenvalue weighted by atomic mass is 10.1. The Kier molecular flexibility index (Phi) is 9.13. The number of rotatable bonds is 11. The first kappa shape index (κ1) is 18.9. The van der Waals surface area contributed by atoms with Crippen LogP contribution in [0.4, 0.5) is 5.13 Å². The van der Waals surface area contributed by atoms with Gasteiger partial charge in [0.2, 0.25) is 0 Å². The van der Waals surface area contributed by atoms with Crippen LogP contribution in [-0.4, -0.2) is 24.1 Å². The van der Waals surface area contributed by atoms with Gasteiger partial charge in [-0.1, -0.05) is 64.2 Å². The molecule has 0 saturated carbocycles. The summed E-state index contributed by atoms with van der Waals surface area (Å²) in [6.45, 7) is 9.52. The number of carbonyl (C=O) groups is 1. The Morgan fingerprint density at radius 3 is 2.59 bits per heavy atom. The van der Waals surface area contributed by atoms with E-state index in [1.54, 1.807) is 0 Å². The number of anilines is 1. The van der Waals surface area contributed by atoms with Gasteiger partial charge in [0.15, 0.2) is 5.13 Å². The van der Waals surface area contributed by atoms with E-state index in [2.05, 4.69) is 17.2 Å². The Hall–Kier alpha value is -1.10. The zero-order valence-corrected chi connectivity index (χ0v) is 15.2. The molecule has 1 aromatic rings. The number of hydrogen-bond acceptors (Lipinski definition) is 5. The molecule has 126 valence electrons. The highest BCUT2D eigenvalue weighted by Crippen LogP contribution is 2.23. The lowest BCUT2D eigenvalue weighted by molar-refractivity contribution is 0.0463. The van der Waals surface area contributed by atoms with Gasteiger partial charge >= 0.3 is 5.97 Å². The molecule has 22 heavy (non-hydrogen) atoms. The molecule has 1 N–H and O–H groups in total. The van der Waals surface area contributed by atoms with E-state index in [1.807, 2.05) is 20.8 Å². The standard InChI is InChI=1S/C17H30N2O2S/c1-5-6-7-8-9-10-11-18-17-19-14(4)15(22-17)16(20)21-12-13(2)3/h13H,5-12H2,1-4H3,(H,18,19). The topological polar surface area (TPSA) is 51.2 Å². The van der Waals surface area contributed by atoms with E-state index in [-0.39, 0.29) is 5.97 Å². The van der Waals surface area contributed by atoms with E-state index in [9.17, 15) is 4.79 Å². The van der Waals surface area contributed by atoms with Gasteiger partial charge in [0.25, 0.3) is 0 Å². The third kappa shape index (κ3) is 7.25. The van der Waals surface area contributed by atoms with Crippen LogP contribution < -0.4 is 5.32 Å². The summed E-state index contributed by atoms with van der Waals surface area (Å²) >= 11 is 1.39. The zero-order chi connectivity index (χ0) is 16.4. The van der Waals surface area contributed by atoms with E-state index < -0.39 is 0 Å². The number of unbranched alkanes of at least 4 members (excludes halogenated alkanes) is 5. The second-order valence-corrected chi connectivity index (χ2v) is 7.12. The third-order valence-electron chi connectivity index (χ3n) is 3.34.